The van der Waals surface area contributed by atoms with Gasteiger partial charge in [-0.3, -0.25) is 9.37 Å². The molecule has 1 fully saturated rings. The number of ether oxygens (including phenoxy) is 2. The van der Waals surface area contributed by atoms with Crippen molar-refractivity contribution in [1.29, 1.82) is 0 Å². The Kier molecular flexibility index (Phi) is 6.66. The Morgan fingerprint density at radius 2 is 2.14 bits per heavy atom. The van der Waals surface area contributed by atoms with Crippen LogP contribution in [0.5, 0.6) is 5.75 Å². The first-order valence-corrected chi connectivity index (χ1v) is 9.91. The van der Waals surface area contributed by atoms with Crippen molar-refractivity contribution in [1.82, 2.24) is 24.9 Å². The fraction of sp³-hybridized carbons (Fsp3) is 0.600. The van der Waals surface area contributed by atoms with Gasteiger partial charge < -0.3 is 14.4 Å². The maximum atomic E-state index is 12.2. The number of carbonyl (C=O) groups is 1. The minimum Gasteiger partial charge on any atom is -0.490 e. The van der Waals surface area contributed by atoms with Crippen molar-refractivity contribution in [2.75, 3.05) is 19.8 Å². The van der Waals surface area contributed by atoms with Crippen LogP contribution in [0.2, 0.25) is 0 Å². The molecule has 0 N–H and O–H groups in total. The smallest absolute Gasteiger partial charge is 0.410 e. The number of amides is 1. The minimum absolute atomic E-state index is 0.0121. The SMILES string of the molecule is CC(C)(C)OC(=O)N1CC[C@H]1COc1cncc(-n2cc(CCCCF)nn2)c1. The number of halogens is 1. The summed E-state index contributed by atoms with van der Waals surface area (Å²) in [5, 5.41) is 8.22. The van der Waals surface area contributed by atoms with E-state index in [0.717, 1.165) is 24.2 Å². The predicted octanol–water partition coefficient (Wildman–Crippen LogP) is 3.34. The van der Waals surface area contributed by atoms with Crippen LogP contribution in [0, 0.1) is 0 Å². The predicted molar refractivity (Wildman–Crippen MR) is 105 cm³/mol. The second-order valence-corrected chi connectivity index (χ2v) is 8.11. The van der Waals surface area contributed by atoms with E-state index in [1.165, 1.54) is 0 Å². The first-order valence-electron chi connectivity index (χ1n) is 9.91. The number of nitrogens with zero attached hydrogens (tertiary/aromatic N) is 5. The summed E-state index contributed by atoms with van der Waals surface area (Å²) < 4.78 is 25.1. The van der Waals surface area contributed by atoms with Crippen molar-refractivity contribution < 1.29 is 18.7 Å². The Bertz CT molecular complexity index is 820. The topological polar surface area (TPSA) is 82.4 Å². The molecule has 1 aliphatic heterocycles. The molecule has 1 amide bonds. The number of alkyl halides is 1. The van der Waals surface area contributed by atoms with Crippen molar-refractivity contribution in [3.8, 4) is 11.4 Å². The normalized spacial score (nSPS) is 16.4. The van der Waals surface area contributed by atoms with E-state index in [-0.39, 0.29) is 18.8 Å². The van der Waals surface area contributed by atoms with E-state index in [2.05, 4.69) is 15.3 Å². The summed E-state index contributed by atoms with van der Waals surface area (Å²) in [5.41, 5.74) is 1.02. The minimum atomic E-state index is -0.515. The molecule has 0 unspecified atom stereocenters. The molecule has 3 heterocycles. The van der Waals surface area contributed by atoms with Gasteiger partial charge in [0, 0.05) is 12.6 Å². The molecule has 9 heteroatoms. The third kappa shape index (κ3) is 5.88. The number of rotatable bonds is 8. The Hall–Kier alpha value is -2.71. The van der Waals surface area contributed by atoms with Gasteiger partial charge in [0.05, 0.1) is 42.7 Å². The Morgan fingerprint density at radius 3 is 2.83 bits per heavy atom. The first-order chi connectivity index (χ1) is 13.9. The molecule has 0 radical (unpaired) electrons. The van der Waals surface area contributed by atoms with Gasteiger partial charge in [-0.1, -0.05) is 5.21 Å². The number of unbranched alkanes of at least 4 members (excludes halogenated alkanes) is 1. The molecule has 158 valence electrons. The van der Waals surface area contributed by atoms with Gasteiger partial charge in [-0.2, -0.15) is 0 Å². The monoisotopic (exact) mass is 405 g/mol. The Morgan fingerprint density at radius 1 is 1.31 bits per heavy atom. The summed E-state index contributed by atoms with van der Waals surface area (Å²) in [6.07, 6.45) is 7.63. The van der Waals surface area contributed by atoms with Crippen molar-refractivity contribution >= 4 is 6.09 Å². The maximum Gasteiger partial charge on any atom is 0.410 e. The van der Waals surface area contributed by atoms with Crippen LogP contribution in [0.15, 0.2) is 24.7 Å². The highest BCUT2D eigenvalue weighted by Crippen LogP contribution is 2.23. The number of aromatic nitrogens is 4. The fourth-order valence-corrected chi connectivity index (χ4v) is 2.92. The van der Waals surface area contributed by atoms with Gasteiger partial charge in [-0.15, -0.1) is 5.10 Å². The number of hydrogen-bond donors (Lipinski definition) is 0. The molecule has 1 aliphatic rings. The molecule has 2 aromatic heterocycles. The van der Waals surface area contributed by atoms with Crippen LogP contribution in [-0.4, -0.2) is 62.4 Å². The number of pyridine rings is 1. The lowest BCUT2D eigenvalue weighted by molar-refractivity contribution is -0.0141. The molecule has 0 spiro atoms. The van der Waals surface area contributed by atoms with Crippen LogP contribution in [-0.2, 0) is 11.2 Å². The van der Waals surface area contributed by atoms with Gasteiger partial charge in [-0.05, 0) is 46.5 Å². The third-order valence-corrected chi connectivity index (χ3v) is 4.54. The third-order valence-electron chi connectivity index (χ3n) is 4.54. The molecule has 3 rings (SSSR count). The lowest BCUT2D eigenvalue weighted by atomic mass is 10.1. The van der Waals surface area contributed by atoms with Gasteiger partial charge in [0.1, 0.15) is 18.0 Å². The zero-order valence-corrected chi connectivity index (χ0v) is 17.2. The van der Waals surface area contributed by atoms with E-state index < -0.39 is 5.60 Å². The van der Waals surface area contributed by atoms with Gasteiger partial charge in [-0.25, -0.2) is 9.48 Å². The summed E-state index contributed by atoms with van der Waals surface area (Å²) in [6, 6.07) is 1.81. The lowest BCUT2D eigenvalue weighted by Gasteiger charge is -2.40. The van der Waals surface area contributed by atoms with E-state index in [4.69, 9.17) is 9.47 Å². The summed E-state index contributed by atoms with van der Waals surface area (Å²) in [7, 11) is 0. The van der Waals surface area contributed by atoms with Gasteiger partial charge in [0.2, 0.25) is 0 Å². The van der Waals surface area contributed by atoms with Crippen LogP contribution < -0.4 is 4.74 Å². The van der Waals surface area contributed by atoms with E-state index in [9.17, 15) is 9.18 Å². The zero-order chi connectivity index (χ0) is 20.9. The van der Waals surface area contributed by atoms with Crippen molar-refractivity contribution in [3.63, 3.8) is 0 Å². The van der Waals surface area contributed by atoms with Crippen LogP contribution >= 0.6 is 0 Å². The van der Waals surface area contributed by atoms with Gasteiger partial charge in [0.25, 0.3) is 0 Å². The average molecular weight is 405 g/mol. The highest BCUT2D eigenvalue weighted by atomic mass is 19.1. The number of hydrogen-bond acceptors (Lipinski definition) is 6. The molecule has 2 aromatic rings. The quantitative estimate of drug-likeness (QED) is 0.627. The van der Waals surface area contributed by atoms with Crippen LogP contribution in [0.25, 0.3) is 5.69 Å². The molecule has 0 saturated carbocycles. The zero-order valence-electron chi connectivity index (χ0n) is 17.2. The molecule has 29 heavy (non-hydrogen) atoms. The maximum absolute atomic E-state index is 12.2. The Balaban J connectivity index is 1.55. The van der Waals surface area contributed by atoms with Gasteiger partial charge >= 0.3 is 6.09 Å². The van der Waals surface area contributed by atoms with Gasteiger partial charge in [0.15, 0.2) is 0 Å². The van der Waals surface area contributed by atoms with Crippen molar-refractivity contribution in [3.05, 3.63) is 30.4 Å². The largest absolute Gasteiger partial charge is 0.490 e. The molecule has 0 aromatic carbocycles. The van der Waals surface area contributed by atoms with E-state index in [0.29, 0.717) is 31.7 Å². The summed E-state index contributed by atoms with van der Waals surface area (Å²) in [6.45, 7) is 6.28. The second-order valence-electron chi connectivity index (χ2n) is 8.11. The fourth-order valence-electron chi connectivity index (χ4n) is 2.92. The molecular formula is C20H28FN5O3. The lowest BCUT2D eigenvalue weighted by Crippen LogP contribution is -2.55. The molecule has 1 saturated heterocycles. The highest BCUT2D eigenvalue weighted by Gasteiger charge is 2.35. The van der Waals surface area contributed by atoms with E-state index in [1.807, 2.05) is 33.0 Å². The highest BCUT2D eigenvalue weighted by molar-refractivity contribution is 5.69. The Labute approximate surface area is 170 Å². The summed E-state index contributed by atoms with van der Waals surface area (Å²) in [5.74, 6) is 0.591. The summed E-state index contributed by atoms with van der Waals surface area (Å²) in [4.78, 5) is 18.1. The molecular weight excluding hydrogens is 377 g/mol. The van der Waals surface area contributed by atoms with E-state index in [1.54, 1.807) is 22.0 Å². The first kappa shape index (κ1) is 21.0. The molecule has 1 atom stereocenters. The number of likely N-dealkylation sites (tertiary alicyclic amines) is 1. The van der Waals surface area contributed by atoms with Crippen molar-refractivity contribution in [2.24, 2.45) is 0 Å². The number of carbonyl (C=O) groups excluding carboxylic acids is 1. The van der Waals surface area contributed by atoms with Crippen LogP contribution in [0.3, 0.4) is 0 Å². The van der Waals surface area contributed by atoms with Crippen LogP contribution in [0.4, 0.5) is 9.18 Å². The summed E-state index contributed by atoms with van der Waals surface area (Å²) >= 11 is 0. The molecule has 8 nitrogen and oxygen atoms in total. The van der Waals surface area contributed by atoms with Crippen molar-refractivity contribution in [2.45, 2.75) is 58.1 Å². The average Bonchev–Trinajstić information content (AvgIpc) is 3.09. The standard InChI is InChI=1S/C20H28FN5O3/c1-20(2,3)29-19(27)25-9-7-16(25)14-28-18-10-17(11-22-12-18)26-13-15(23-24-26)6-4-5-8-21/h10-13,16H,4-9,14H2,1-3H3/t16-/m0/s1. The molecule has 0 aliphatic carbocycles. The number of aryl methyl sites for hydroxylation is 1. The molecule has 0 bridgehead atoms. The van der Waals surface area contributed by atoms with Crippen LogP contribution in [0.1, 0.15) is 45.7 Å². The van der Waals surface area contributed by atoms with E-state index >= 15 is 0 Å². The second kappa shape index (κ2) is 9.19.